The highest BCUT2D eigenvalue weighted by Gasteiger charge is 2.38. The number of halogens is 1. The number of methoxy groups -OCH3 is 1. The van der Waals surface area contributed by atoms with Crippen molar-refractivity contribution in [3.05, 3.63) is 90.2 Å². The van der Waals surface area contributed by atoms with Crippen molar-refractivity contribution in [1.82, 2.24) is 24.4 Å². The number of nitrogens with zero attached hydrogens (tertiary/aromatic N) is 6. The van der Waals surface area contributed by atoms with Gasteiger partial charge in [0.1, 0.15) is 12.4 Å². The highest BCUT2D eigenvalue weighted by Crippen LogP contribution is 2.38. The van der Waals surface area contributed by atoms with E-state index >= 15 is 0 Å². The number of aryl methyl sites for hydroxylation is 1. The molecule has 12 heteroatoms. The maximum absolute atomic E-state index is 14.6. The maximum Gasteiger partial charge on any atom is 0.339 e. The van der Waals surface area contributed by atoms with Gasteiger partial charge in [0.15, 0.2) is 29.1 Å². The van der Waals surface area contributed by atoms with E-state index in [0.29, 0.717) is 60.2 Å². The van der Waals surface area contributed by atoms with Crippen molar-refractivity contribution in [1.29, 1.82) is 0 Å². The zero-order valence-electron chi connectivity index (χ0n) is 28.7. The Morgan fingerprint density at radius 1 is 1.17 bits per heavy atom. The van der Waals surface area contributed by atoms with Gasteiger partial charge in [0, 0.05) is 43.0 Å². The second-order valence-electron chi connectivity index (χ2n) is 13.2. The fourth-order valence-corrected chi connectivity index (χ4v) is 5.90. The molecule has 0 bridgehead atoms. The first-order valence-corrected chi connectivity index (χ1v) is 16.1. The lowest BCUT2D eigenvalue weighted by Gasteiger charge is -2.41. The maximum atomic E-state index is 14.6. The molecule has 0 N–H and O–H groups in total. The third kappa shape index (κ3) is 7.60. The molecular formula is C36H45FN6O5. The van der Waals surface area contributed by atoms with E-state index in [1.165, 1.54) is 13.2 Å². The third-order valence-electron chi connectivity index (χ3n) is 8.27. The van der Waals surface area contributed by atoms with E-state index in [2.05, 4.69) is 30.1 Å². The highest BCUT2D eigenvalue weighted by molar-refractivity contribution is 5.80. The minimum absolute atomic E-state index is 0.194. The van der Waals surface area contributed by atoms with Gasteiger partial charge in [0.25, 0.3) is 0 Å². The van der Waals surface area contributed by atoms with Crippen LogP contribution >= 0.6 is 0 Å². The number of hydrogen-bond donors (Lipinski definition) is 0. The molecule has 0 radical (unpaired) electrons. The first-order chi connectivity index (χ1) is 22.9. The van der Waals surface area contributed by atoms with Crippen molar-refractivity contribution in [3.63, 3.8) is 0 Å². The number of para-hydroxylation sites is 1. The number of anilines is 1. The van der Waals surface area contributed by atoms with E-state index in [4.69, 9.17) is 29.0 Å². The largest absolute Gasteiger partial charge is 0.486 e. The van der Waals surface area contributed by atoms with Crippen LogP contribution in [0.15, 0.2) is 62.0 Å². The Morgan fingerprint density at radius 3 is 2.56 bits per heavy atom. The second-order valence-corrected chi connectivity index (χ2v) is 13.2. The number of benzene rings is 1. The van der Waals surface area contributed by atoms with Gasteiger partial charge in [-0.25, -0.2) is 18.9 Å². The van der Waals surface area contributed by atoms with Crippen molar-refractivity contribution < 1.29 is 28.1 Å². The molecule has 1 aliphatic rings. The summed E-state index contributed by atoms with van der Waals surface area (Å²) in [4.78, 5) is 20.4. The van der Waals surface area contributed by atoms with Gasteiger partial charge in [0.05, 0.1) is 36.7 Å². The Bertz CT molecular complexity index is 1780. The van der Waals surface area contributed by atoms with Crippen LogP contribution in [0.1, 0.15) is 69.0 Å². The van der Waals surface area contributed by atoms with E-state index in [0.717, 1.165) is 18.4 Å². The minimum Gasteiger partial charge on any atom is -0.486 e. The molecule has 1 aromatic carbocycles. The Balaban J connectivity index is 1.57. The molecule has 0 aliphatic carbocycles. The van der Waals surface area contributed by atoms with Crippen LogP contribution in [0.5, 0.6) is 5.75 Å². The lowest BCUT2D eigenvalue weighted by atomic mass is 9.92. The Morgan fingerprint density at radius 2 is 1.90 bits per heavy atom. The number of fused-ring (bicyclic) bond motifs is 1. The normalized spacial score (nSPS) is 15.4. The molecule has 3 aromatic heterocycles. The predicted molar refractivity (Wildman–Crippen MR) is 181 cm³/mol. The molecule has 1 fully saturated rings. The number of rotatable bonds is 13. The topological polar surface area (TPSA) is 105 Å². The summed E-state index contributed by atoms with van der Waals surface area (Å²) >= 11 is 0. The molecule has 0 saturated carbocycles. The van der Waals surface area contributed by atoms with Gasteiger partial charge >= 0.3 is 5.97 Å². The third-order valence-corrected chi connectivity index (χ3v) is 8.27. The molecule has 1 aliphatic heterocycles. The van der Waals surface area contributed by atoms with E-state index in [-0.39, 0.29) is 18.0 Å². The molecule has 1 atom stereocenters. The molecule has 1 saturated heterocycles. The molecule has 256 valence electrons. The van der Waals surface area contributed by atoms with Crippen molar-refractivity contribution in [2.45, 2.75) is 71.2 Å². The molecule has 4 heterocycles. The molecule has 48 heavy (non-hydrogen) atoms. The predicted octanol–water partition coefficient (Wildman–Crippen LogP) is 6.11. The van der Waals surface area contributed by atoms with E-state index in [9.17, 15) is 9.18 Å². The van der Waals surface area contributed by atoms with Crippen LogP contribution in [0.4, 0.5) is 10.2 Å². The first kappa shape index (κ1) is 34.8. The van der Waals surface area contributed by atoms with Crippen LogP contribution in [-0.2, 0) is 25.4 Å². The second kappa shape index (κ2) is 14.3. The van der Waals surface area contributed by atoms with Crippen molar-refractivity contribution in [2.75, 3.05) is 38.3 Å². The molecule has 5 rings (SSSR count). The Hall–Kier alpha value is -4.55. The first-order valence-electron chi connectivity index (χ1n) is 16.1. The van der Waals surface area contributed by atoms with Crippen LogP contribution in [-0.4, -0.2) is 75.0 Å². The van der Waals surface area contributed by atoms with Crippen molar-refractivity contribution in [3.8, 4) is 11.6 Å². The van der Waals surface area contributed by atoms with Gasteiger partial charge in [-0.2, -0.15) is 9.61 Å². The SMILES string of the molecule is C=CCOc1c(F)cccc1Cc1cnn(-c2cc3nc(C)c([C@H](OC(C)(C)C)C(=O)OC)c(N4CCC(C)(OCC=C)CC4)n3n2)c1. The number of carbonyl (C=O) groups is 1. The average molecular weight is 661 g/mol. The van der Waals surface area contributed by atoms with Gasteiger partial charge in [-0.1, -0.05) is 30.9 Å². The van der Waals surface area contributed by atoms with Gasteiger partial charge < -0.3 is 23.8 Å². The quantitative estimate of drug-likeness (QED) is 0.124. The molecule has 0 spiro atoms. The summed E-state index contributed by atoms with van der Waals surface area (Å²) in [5.74, 6) is 0.462. The minimum atomic E-state index is -1.04. The average Bonchev–Trinajstić information content (AvgIpc) is 3.69. The van der Waals surface area contributed by atoms with Crippen molar-refractivity contribution >= 4 is 17.4 Å². The molecule has 0 amide bonds. The summed E-state index contributed by atoms with van der Waals surface area (Å²) in [6.45, 7) is 19.1. The Labute approximate surface area is 280 Å². The molecule has 0 unspecified atom stereocenters. The van der Waals surface area contributed by atoms with Gasteiger partial charge in [-0.05, 0) is 59.1 Å². The summed E-state index contributed by atoms with van der Waals surface area (Å²) in [6.07, 6.45) is 7.76. The monoisotopic (exact) mass is 660 g/mol. The van der Waals surface area contributed by atoms with E-state index in [1.54, 1.807) is 33.6 Å². The van der Waals surface area contributed by atoms with Crippen LogP contribution in [0.3, 0.4) is 0 Å². The molecular weight excluding hydrogens is 615 g/mol. The summed E-state index contributed by atoms with van der Waals surface area (Å²) in [6, 6.07) is 6.70. The van der Waals surface area contributed by atoms with E-state index in [1.807, 2.05) is 46.0 Å². The van der Waals surface area contributed by atoms with Gasteiger partial charge in [-0.15, -0.1) is 11.7 Å². The van der Waals surface area contributed by atoms with E-state index < -0.39 is 23.5 Å². The number of ether oxygens (including phenoxy) is 4. The fourth-order valence-electron chi connectivity index (χ4n) is 5.90. The van der Waals surface area contributed by atoms with Crippen LogP contribution in [0.2, 0.25) is 0 Å². The number of carbonyl (C=O) groups excluding carboxylic acids is 1. The van der Waals surface area contributed by atoms with Crippen LogP contribution in [0.25, 0.3) is 11.5 Å². The number of aromatic nitrogens is 5. The zero-order chi connectivity index (χ0) is 34.6. The van der Waals surface area contributed by atoms with Crippen LogP contribution in [0, 0.1) is 12.7 Å². The smallest absolute Gasteiger partial charge is 0.339 e. The Kier molecular flexibility index (Phi) is 10.4. The van der Waals surface area contributed by atoms with Crippen molar-refractivity contribution in [2.24, 2.45) is 0 Å². The summed E-state index contributed by atoms with van der Waals surface area (Å²) in [5.41, 5.74) is 2.36. The lowest BCUT2D eigenvalue weighted by Crippen LogP contribution is -2.45. The molecule has 11 nitrogen and oxygen atoms in total. The highest BCUT2D eigenvalue weighted by atomic mass is 19.1. The number of piperidine rings is 1. The summed E-state index contributed by atoms with van der Waals surface area (Å²) in [5, 5.41) is 9.54. The van der Waals surface area contributed by atoms with Gasteiger partial charge in [-0.3, -0.25) is 0 Å². The zero-order valence-corrected chi connectivity index (χ0v) is 28.7. The number of esters is 1. The van der Waals surface area contributed by atoms with Gasteiger partial charge in [0.2, 0.25) is 0 Å². The summed E-state index contributed by atoms with van der Waals surface area (Å²) < 4.78 is 41.3. The lowest BCUT2D eigenvalue weighted by molar-refractivity contribution is -0.164. The number of hydrogen-bond acceptors (Lipinski definition) is 9. The summed E-state index contributed by atoms with van der Waals surface area (Å²) in [7, 11) is 1.35. The standard InChI is InChI=1S/C36H45FN6O5/c1-9-18-46-31-26(12-11-13-27(31)37)20-25-22-38-42(23-25)29-21-28-39-24(3)30(32(34(44)45-8)48-35(4,5)6)33(43(28)40-29)41-16-14-36(7,15-17-41)47-19-10-2/h9-13,21-23,32H,1-2,14-20H2,3-8H3/t32-/m0/s1. The molecule has 4 aromatic rings. The van der Waals surface area contributed by atoms with Crippen LogP contribution < -0.4 is 9.64 Å². The fraction of sp³-hybridized carbons (Fsp3) is 0.444.